The van der Waals surface area contributed by atoms with Gasteiger partial charge < -0.3 is 10.2 Å². The number of piperidine rings is 1. The van der Waals surface area contributed by atoms with E-state index < -0.39 is 0 Å². The van der Waals surface area contributed by atoms with Crippen LogP contribution in [0.15, 0.2) is 18.3 Å². The van der Waals surface area contributed by atoms with Crippen LogP contribution in [0.25, 0.3) is 0 Å². The number of amides is 1. The van der Waals surface area contributed by atoms with E-state index in [0.717, 1.165) is 31.5 Å². The largest absolute Gasteiger partial charge is 0.368 e. The minimum atomic E-state index is -0.0283. The number of rotatable bonds is 4. The Morgan fingerprint density at radius 1 is 1.40 bits per heavy atom. The molecule has 2 heterocycles. The lowest BCUT2D eigenvalue weighted by atomic mass is 9.99. The molecule has 1 saturated heterocycles. The molecule has 1 amide bonds. The van der Waals surface area contributed by atoms with Crippen LogP contribution in [0.4, 0.5) is 5.69 Å². The fourth-order valence-electron chi connectivity index (χ4n) is 2.97. The van der Waals surface area contributed by atoms with E-state index in [2.05, 4.69) is 22.1 Å². The topological polar surface area (TPSA) is 45.2 Å². The molecule has 2 fully saturated rings. The molecule has 1 unspecified atom stereocenters. The van der Waals surface area contributed by atoms with Crippen molar-refractivity contribution >= 4 is 11.6 Å². The van der Waals surface area contributed by atoms with Crippen LogP contribution in [0, 0.1) is 0 Å². The van der Waals surface area contributed by atoms with Gasteiger partial charge in [0.2, 0.25) is 0 Å². The molecule has 0 bridgehead atoms. The third kappa shape index (κ3) is 2.94. The first-order valence-electron chi connectivity index (χ1n) is 7.81. The third-order valence-electron chi connectivity index (χ3n) is 4.32. The van der Waals surface area contributed by atoms with Crippen LogP contribution >= 0.6 is 0 Å². The van der Waals surface area contributed by atoms with Crippen molar-refractivity contribution in [2.75, 3.05) is 11.4 Å². The molecule has 0 aromatic carbocycles. The summed E-state index contributed by atoms with van der Waals surface area (Å²) in [4.78, 5) is 18.8. The van der Waals surface area contributed by atoms with E-state index in [0.29, 0.717) is 17.8 Å². The summed E-state index contributed by atoms with van der Waals surface area (Å²) in [5.74, 6) is -0.0283. The molecule has 0 spiro atoms. The lowest BCUT2D eigenvalue weighted by Crippen LogP contribution is -2.39. The molecule has 4 nitrogen and oxygen atoms in total. The van der Waals surface area contributed by atoms with E-state index in [1.165, 1.54) is 19.3 Å². The Morgan fingerprint density at radius 3 is 3.00 bits per heavy atom. The third-order valence-corrected chi connectivity index (χ3v) is 4.32. The Bertz CT molecular complexity index is 484. The lowest BCUT2D eigenvalue weighted by molar-refractivity contribution is 0.0946. The maximum atomic E-state index is 12.1. The predicted octanol–water partition coefficient (Wildman–Crippen LogP) is 2.74. The minimum Gasteiger partial charge on any atom is -0.368 e. The molecule has 1 aliphatic heterocycles. The first-order valence-corrected chi connectivity index (χ1v) is 7.81. The molecule has 4 heteroatoms. The highest BCUT2D eigenvalue weighted by Gasteiger charge is 2.25. The molecule has 1 saturated carbocycles. The summed E-state index contributed by atoms with van der Waals surface area (Å²) in [6, 6.07) is 4.96. The van der Waals surface area contributed by atoms with Crippen molar-refractivity contribution in [2.45, 2.75) is 57.5 Å². The van der Waals surface area contributed by atoms with Crippen LogP contribution in [0.1, 0.15) is 55.9 Å². The smallest absolute Gasteiger partial charge is 0.270 e. The zero-order valence-corrected chi connectivity index (χ0v) is 12.1. The predicted molar refractivity (Wildman–Crippen MR) is 80.0 cm³/mol. The Balaban J connectivity index is 1.76. The summed E-state index contributed by atoms with van der Waals surface area (Å²) in [5.41, 5.74) is 1.70. The second kappa shape index (κ2) is 5.81. The Hall–Kier alpha value is -1.58. The maximum Gasteiger partial charge on any atom is 0.270 e. The maximum absolute atomic E-state index is 12.1. The van der Waals surface area contributed by atoms with Gasteiger partial charge in [0.05, 0.1) is 0 Å². The molecule has 1 aromatic heterocycles. The lowest BCUT2D eigenvalue weighted by Gasteiger charge is -2.37. The number of aromatic nitrogens is 1. The van der Waals surface area contributed by atoms with Gasteiger partial charge in [-0.2, -0.15) is 0 Å². The Kier molecular flexibility index (Phi) is 3.90. The van der Waals surface area contributed by atoms with Gasteiger partial charge in [-0.25, -0.2) is 0 Å². The Morgan fingerprint density at radius 2 is 2.25 bits per heavy atom. The van der Waals surface area contributed by atoms with Crippen LogP contribution in [-0.4, -0.2) is 29.5 Å². The van der Waals surface area contributed by atoms with Crippen LogP contribution in [0.5, 0.6) is 0 Å². The van der Waals surface area contributed by atoms with Gasteiger partial charge in [-0.3, -0.25) is 9.78 Å². The highest BCUT2D eigenvalue weighted by atomic mass is 16.2. The molecule has 1 aromatic rings. The van der Waals surface area contributed by atoms with Gasteiger partial charge >= 0.3 is 0 Å². The van der Waals surface area contributed by atoms with Crippen LogP contribution < -0.4 is 10.2 Å². The van der Waals surface area contributed by atoms with Crippen molar-refractivity contribution in [3.8, 4) is 0 Å². The fourth-order valence-corrected chi connectivity index (χ4v) is 2.97. The van der Waals surface area contributed by atoms with E-state index in [1.807, 2.05) is 12.1 Å². The zero-order chi connectivity index (χ0) is 13.9. The number of nitrogens with zero attached hydrogens (tertiary/aromatic N) is 2. The number of hydrogen-bond acceptors (Lipinski definition) is 3. The molecule has 3 rings (SSSR count). The van der Waals surface area contributed by atoms with E-state index in [1.54, 1.807) is 6.20 Å². The van der Waals surface area contributed by atoms with Gasteiger partial charge in [0.1, 0.15) is 5.69 Å². The molecule has 108 valence electrons. The molecule has 1 N–H and O–H groups in total. The molecule has 1 atom stereocenters. The van der Waals surface area contributed by atoms with E-state index in [9.17, 15) is 4.79 Å². The van der Waals surface area contributed by atoms with Crippen molar-refractivity contribution in [3.63, 3.8) is 0 Å². The first kappa shape index (κ1) is 13.4. The Labute approximate surface area is 120 Å². The number of carbonyl (C=O) groups is 1. The second-order valence-electron chi connectivity index (χ2n) is 5.90. The number of hydrogen-bond donors (Lipinski definition) is 1. The summed E-state index contributed by atoms with van der Waals surface area (Å²) in [6.45, 7) is 3.33. The quantitative estimate of drug-likeness (QED) is 0.917. The summed E-state index contributed by atoms with van der Waals surface area (Å²) >= 11 is 0. The van der Waals surface area contributed by atoms with E-state index in [-0.39, 0.29) is 5.91 Å². The number of nitrogens with one attached hydrogen (secondary N) is 1. The van der Waals surface area contributed by atoms with Crippen molar-refractivity contribution in [1.29, 1.82) is 0 Å². The van der Waals surface area contributed by atoms with Gasteiger partial charge in [0.25, 0.3) is 5.91 Å². The normalized spacial score (nSPS) is 22.6. The zero-order valence-electron chi connectivity index (χ0n) is 12.1. The summed E-state index contributed by atoms with van der Waals surface area (Å²) in [7, 11) is 0. The van der Waals surface area contributed by atoms with Crippen LogP contribution in [0.2, 0.25) is 0 Å². The average Bonchev–Trinajstić information content (AvgIpc) is 3.31. The summed E-state index contributed by atoms with van der Waals surface area (Å²) in [6.07, 6.45) is 8.94. The summed E-state index contributed by atoms with van der Waals surface area (Å²) < 4.78 is 0. The molecule has 20 heavy (non-hydrogen) atoms. The van der Waals surface area contributed by atoms with Crippen molar-refractivity contribution < 1.29 is 4.79 Å². The SMILES string of the molecule is CCC1CCCCN1c1ccnc(C(=O)NC2CC2)c1. The standard InChI is InChI=1S/C16H23N3O/c1-2-13-5-3-4-10-19(13)14-8-9-17-15(11-14)16(20)18-12-6-7-12/h8-9,11-13H,2-7,10H2,1H3,(H,18,20). The van der Waals surface area contributed by atoms with Crippen molar-refractivity contribution in [1.82, 2.24) is 10.3 Å². The summed E-state index contributed by atoms with van der Waals surface area (Å²) in [5, 5.41) is 3.01. The molecular weight excluding hydrogens is 250 g/mol. The van der Waals surface area contributed by atoms with Crippen LogP contribution in [0.3, 0.4) is 0 Å². The van der Waals surface area contributed by atoms with Crippen LogP contribution in [-0.2, 0) is 0 Å². The molecule has 1 aliphatic carbocycles. The van der Waals surface area contributed by atoms with Crippen molar-refractivity contribution in [3.05, 3.63) is 24.0 Å². The highest BCUT2D eigenvalue weighted by Crippen LogP contribution is 2.27. The van der Waals surface area contributed by atoms with Gasteiger partial charge in [0.15, 0.2) is 0 Å². The van der Waals surface area contributed by atoms with Crippen molar-refractivity contribution in [2.24, 2.45) is 0 Å². The van der Waals surface area contributed by atoms with Gasteiger partial charge in [0, 0.05) is 30.5 Å². The second-order valence-corrected chi connectivity index (χ2v) is 5.90. The molecule has 2 aliphatic rings. The number of pyridine rings is 1. The molecular formula is C16H23N3O. The monoisotopic (exact) mass is 273 g/mol. The van der Waals surface area contributed by atoms with E-state index in [4.69, 9.17) is 0 Å². The first-order chi connectivity index (χ1) is 9.78. The fraction of sp³-hybridized carbons (Fsp3) is 0.625. The molecule has 0 radical (unpaired) electrons. The highest BCUT2D eigenvalue weighted by molar-refractivity contribution is 5.93. The van der Waals surface area contributed by atoms with Gasteiger partial charge in [-0.05, 0) is 50.7 Å². The minimum absolute atomic E-state index is 0.0283. The average molecular weight is 273 g/mol. The number of carbonyl (C=O) groups excluding carboxylic acids is 1. The number of anilines is 1. The van der Waals surface area contributed by atoms with Gasteiger partial charge in [-0.1, -0.05) is 6.92 Å². The van der Waals surface area contributed by atoms with Gasteiger partial charge in [-0.15, -0.1) is 0 Å². The van der Waals surface area contributed by atoms with E-state index >= 15 is 0 Å².